The van der Waals surface area contributed by atoms with E-state index in [0.29, 0.717) is 18.5 Å². The Labute approximate surface area is 196 Å². The van der Waals surface area contributed by atoms with Gasteiger partial charge in [-0.1, -0.05) is 12.1 Å². The Balaban J connectivity index is 1.13. The maximum absolute atomic E-state index is 9.73. The Bertz CT molecular complexity index is 1300. The average molecular weight is 459 g/mol. The predicted octanol–water partition coefficient (Wildman–Crippen LogP) is 4.63. The Morgan fingerprint density at radius 2 is 2.03 bits per heavy atom. The number of hydrogen-bond acceptors (Lipinski definition) is 7. The summed E-state index contributed by atoms with van der Waals surface area (Å²) in [5.41, 5.74) is 4.37. The van der Waals surface area contributed by atoms with Crippen molar-refractivity contribution >= 4 is 38.8 Å². The van der Waals surface area contributed by atoms with Crippen LogP contribution in [-0.4, -0.2) is 51.8 Å². The van der Waals surface area contributed by atoms with Crippen molar-refractivity contribution in [2.45, 2.75) is 25.4 Å². The van der Waals surface area contributed by atoms with Crippen LogP contribution in [0.4, 0.5) is 10.7 Å². The largest absolute Gasteiger partial charge is 0.508 e. The van der Waals surface area contributed by atoms with Crippen molar-refractivity contribution in [2.24, 2.45) is 4.99 Å². The van der Waals surface area contributed by atoms with Crippen molar-refractivity contribution in [3.05, 3.63) is 71.2 Å². The third-order valence-corrected chi connectivity index (χ3v) is 7.51. The Kier molecular flexibility index (Phi) is 5.24. The van der Waals surface area contributed by atoms with E-state index >= 15 is 0 Å². The Morgan fingerprint density at radius 3 is 2.91 bits per heavy atom. The van der Waals surface area contributed by atoms with Gasteiger partial charge < -0.3 is 15.3 Å². The molecule has 6 rings (SSSR count). The zero-order valence-corrected chi connectivity index (χ0v) is 19.1. The Morgan fingerprint density at radius 1 is 1.12 bits per heavy atom. The van der Waals surface area contributed by atoms with Gasteiger partial charge in [0.05, 0.1) is 17.3 Å². The van der Waals surface area contributed by atoms with E-state index in [-0.39, 0.29) is 0 Å². The van der Waals surface area contributed by atoms with Crippen molar-refractivity contribution in [3.63, 3.8) is 0 Å². The van der Waals surface area contributed by atoms with E-state index < -0.39 is 0 Å². The van der Waals surface area contributed by atoms with Crippen LogP contribution in [0.3, 0.4) is 0 Å². The summed E-state index contributed by atoms with van der Waals surface area (Å²) in [4.78, 5) is 9.89. The summed E-state index contributed by atoms with van der Waals surface area (Å²) in [5.74, 6) is 1.27. The predicted molar refractivity (Wildman–Crippen MR) is 134 cm³/mol. The number of anilines is 2. The molecule has 4 aromatic rings. The van der Waals surface area contributed by atoms with Crippen LogP contribution in [0.1, 0.15) is 24.0 Å². The van der Waals surface area contributed by atoms with Gasteiger partial charge in [-0.3, -0.25) is 10.00 Å². The second kappa shape index (κ2) is 8.53. The van der Waals surface area contributed by atoms with E-state index in [1.807, 2.05) is 18.3 Å². The summed E-state index contributed by atoms with van der Waals surface area (Å²) in [6.07, 6.45) is 4.07. The molecule has 2 aliphatic rings. The van der Waals surface area contributed by atoms with Gasteiger partial charge in [0.15, 0.2) is 0 Å². The second-order valence-electron chi connectivity index (χ2n) is 8.73. The molecule has 0 amide bonds. The molecule has 0 radical (unpaired) electrons. The summed E-state index contributed by atoms with van der Waals surface area (Å²) in [6.45, 7) is 3.67. The molecule has 0 saturated carbocycles. The van der Waals surface area contributed by atoms with Crippen LogP contribution in [0.15, 0.2) is 65.1 Å². The molecule has 2 aromatic carbocycles. The fraction of sp³-hybridized carbons (Fsp3) is 0.280. The van der Waals surface area contributed by atoms with Crippen LogP contribution < -0.4 is 10.2 Å². The molecule has 8 heteroatoms. The number of nitrogens with zero attached hydrogens (tertiary/aromatic N) is 4. The summed E-state index contributed by atoms with van der Waals surface area (Å²) >= 11 is 1.80. The minimum atomic E-state index is 0.340. The number of aromatic nitrogens is 2. The molecule has 33 heavy (non-hydrogen) atoms. The molecule has 2 aliphatic heterocycles. The van der Waals surface area contributed by atoms with E-state index in [1.54, 1.807) is 17.4 Å². The number of phenolic OH excluding ortho intramolecular Hbond substituents is 1. The number of aromatic hydroxyl groups is 1. The molecule has 1 fully saturated rings. The van der Waals surface area contributed by atoms with E-state index in [1.165, 1.54) is 16.1 Å². The highest BCUT2D eigenvalue weighted by Crippen LogP contribution is 2.35. The van der Waals surface area contributed by atoms with Gasteiger partial charge in [0, 0.05) is 36.7 Å². The number of benzene rings is 2. The number of nitrogens with one attached hydrogen (secondary N) is 2. The number of phenols is 1. The SMILES string of the molecule is Oc1cccc(CN2CCC(N3CN=C(Nc4ccc5cn[nH]c5c4)c4ccsc43)CC2)c1. The number of piperidine rings is 1. The zero-order chi connectivity index (χ0) is 22.2. The summed E-state index contributed by atoms with van der Waals surface area (Å²) < 4.78 is 0. The van der Waals surface area contributed by atoms with E-state index in [2.05, 4.69) is 61.0 Å². The van der Waals surface area contributed by atoms with Crippen molar-refractivity contribution in [2.75, 3.05) is 30.0 Å². The lowest BCUT2D eigenvalue weighted by molar-refractivity contribution is 0.201. The molecular formula is C25H26N6OS. The number of aliphatic imine (C=N–C) groups is 1. The molecule has 0 aliphatic carbocycles. The maximum atomic E-state index is 9.73. The lowest BCUT2D eigenvalue weighted by atomic mass is 10.0. The van der Waals surface area contributed by atoms with E-state index in [0.717, 1.165) is 54.9 Å². The van der Waals surface area contributed by atoms with Gasteiger partial charge in [-0.25, -0.2) is 4.99 Å². The zero-order valence-electron chi connectivity index (χ0n) is 18.2. The molecular weight excluding hydrogens is 432 g/mol. The summed E-state index contributed by atoms with van der Waals surface area (Å²) in [5, 5.41) is 25.0. The molecule has 2 aromatic heterocycles. The monoisotopic (exact) mass is 458 g/mol. The van der Waals surface area contributed by atoms with Crippen molar-refractivity contribution < 1.29 is 5.11 Å². The minimum absolute atomic E-state index is 0.340. The highest BCUT2D eigenvalue weighted by molar-refractivity contribution is 7.14. The number of fused-ring (bicyclic) bond motifs is 2. The Hall–Kier alpha value is -3.36. The van der Waals surface area contributed by atoms with Crippen LogP contribution in [0, 0.1) is 0 Å². The number of hydrogen-bond donors (Lipinski definition) is 3. The number of likely N-dealkylation sites (tertiary alicyclic amines) is 1. The normalized spacial score (nSPS) is 17.2. The van der Waals surface area contributed by atoms with Gasteiger partial charge in [0.25, 0.3) is 0 Å². The molecule has 3 N–H and O–H groups in total. The first-order valence-corrected chi connectivity index (χ1v) is 12.2. The highest BCUT2D eigenvalue weighted by atomic mass is 32.1. The van der Waals surface area contributed by atoms with Gasteiger partial charge in [-0.05, 0) is 60.2 Å². The first-order chi connectivity index (χ1) is 16.2. The summed E-state index contributed by atoms with van der Waals surface area (Å²) in [6, 6.07) is 16.5. The first-order valence-electron chi connectivity index (χ1n) is 11.3. The minimum Gasteiger partial charge on any atom is -0.508 e. The van der Waals surface area contributed by atoms with Crippen LogP contribution in [0.25, 0.3) is 10.9 Å². The molecule has 0 spiro atoms. The van der Waals surface area contributed by atoms with Crippen molar-refractivity contribution in [1.29, 1.82) is 0 Å². The van der Waals surface area contributed by atoms with Crippen LogP contribution in [0.2, 0.25) is 0 Å². The van der Waals surface area contributed by atoms with Crippen molar-refractivity contribution in [3.8, 4) is 5.75 Å². The summed E-state index contributed by atoms with van der Waals surface area (Å²) in [7, 11) is 0. The molecule has 0 atom stereocenters. The van der Waals surface area contributed by atoms with Gasteiger partial charge >= 0.3 is 0 Å². The number of amidine groups is 1. The molecule has 0 unspecified atom stereocenters. The topological polar surface area (TPSA) is 79.8 Å². The van der Waals surface area contributed by atoms with E-state index in [9.17, 15) is 5.11 Å². The van der Waals surface area contributed by atoms with Gasteiger partial charge in [0.1, 0.15) is 23.3 Å². The van der Waals surface area contributed by atoms with Gasteiger partial charge in [-0.2, -0.15) is 5.10 Å². The number of aromatic amines is 1. The van der Waals surface area contributed by atoms with Gasteiger partial charge in [-0.15, -0.1) is 11.3 Å². The lowest BCUT2D eigenvalue weighted by Crippen LogP contribution is -2.46. The number of H-pyrrole nitrogens is 1. The fourth-order valence-corrected chi connectivity index (χ4v) is 5.81. The molecule has 1 saturated heterocycles. The fourth-order valence-electron chi connectivity index (χ4n) is 4.84. The average Bonchev–Trinajstić information content (AvgIpc) is 3.50. The number of thiophene rings is 1. The molecule has 7 nitrogen and oxygen atoms in total. The van der Waals surface area contributed by atoms with Crippen LogP contribution >= 0.6 is 11.3 Å². The third-order valence-electron chi connectivity index (χ3n) is 6.56. The third kappa shape index (κ3) is 4.07. The number of rotatable bonds is 4. The second-order valence-corrected chi connectivity index (χ2v) is 9.63. The lowest BCUT2D eigenvalue weighted by Gasteiger charge is -2.40. The van der Waals surface area contributed by atoms with E-state index in [4.69, 9.17) is 4.99 Å². The molecule has 4 heterocycles. The highest BCUT2D eigenvalue weighted by Gasteiger charge is 2.30. The van der Waals surface area contributed by atoms with Crippen LogP contribution in [-0.2, 0) is 6.54 Å². The molecule has 0 bridgehead atoms. The smallest absolute Gasteiger partial charge is 0.137 e. The van der Waals surface area contributed by atoms with Gasteiger partial charge in [0.2, 0.25) is 0 Å². The first kappa shape index (κ1) is 20.3. The maximum Gasteiger partial charge on any atom is 0.137 e. The van der Waals surface area contributed by atoms with Crippen LogP contribution in [0.5, 0.6) is 5.75 Å². The standard InChI is InChI=1S/C25H26N6OS/c32-21-3-1-2-17(12-21)15-30-9-6-20(7-10-30)31-16-26-24(22-8-11-33-25(22)31)28-19-5-4-18-14-27-29-23(18)13-19/h1-5,8,11-14,20,32H,6-7,9-10,15-16H2,(H,26,28)(H,27,29). The molecule has 168 valence electrons. The van der Waals surface area contributed by atoms with Crippen molar-refractivity contribution in [1.82, 2.24) is 15.1 Å². The quantitative estimate of drug-likeness (QED) is 0.416.